The molecule has 0 unspecified atom stereocenters. The first-order valence-electron chi connectivity index (χ1n) is 18.7. The third kappa shape index (κ3) is 5.68. The van der Waals surface area contributed by atoms with E-state index in [1.807, 2.05) is 46.9 Å². The summed E-state index contributed by atoms with van der Waals surface area (Å²) in [6, 6.07) is 66.9. The van der Waals surface area contributed by atoms with Gasteiger partial charge in [-0.3, -0.25) is 0 Å². The SMILES string of the molecule is c1ccc(-c2cccc(-c3nc(-c4ccccc4)nc(-c4ccc(-c5cccc6sc7ccccc7c56)cc4-c4ccc5sc6ccccc6c5c4)n3)c2)cc1. The zero-order chi connectivity index (χ0) is 37.0. The third-order valence-corrected chi connectivity index (χ3v) is 12.8. The Morgan fingerprint density at radius 1 is 0.268 bits per heavy atom. The van der Waals surface area contributed by atoms with Gasteiger partial charge in [0, 0.05) is 57.0 Å². The fourth-order valence-corrected chi connectivity index (χ4v) is 10.1. The summed E-state index contributed by atoms with van der Waals surface area (Å²) in [6.45, 7) is 0. The lowest BCUT2D eigenvalue weighted by Gasteiger charge is -2.15. The maximum absolute atomic E-state index is 5.29. The number of hydrogen-bond donors (Lipinski definition) is 0. The summed E-state index contributed by atoms with van der Waals surface area (Å²) in [6.07, 6.45) is 0. The van der Waals surface area contributed by atoms with Crippen LogP contribution in [0.3, 0.4) is 0 Å². The van der Waals surface area contributed by atoms with Crippen LogP contribution >= 0.6 is 22.7 Å². The maximum atomic E-state index is 5.29. The molecule has 0 aliphatic heterocycles. The van der Waals surface area contributed by atoms with Crippen molar-refractivity contribution in [3.8, 4) is 67.5 Å². The lowest BCUT2D eigenvalue weighted by atomic mass is 9.91. The van der Waals surface area contributed by atoms with Crippen LogP contribution in [0.25, 0.3) is 108 Å². The molecule has 0 aliphatic rings. The van der Waals surface area contributed by atoms with E-state index in [0.29, 0.717) is 17.5 Å². The van der Waals surface area contributed by atoms with Crippen LogP contribution in [-0.4, -0.2) is 15.0 Å². The summed E-state index contributed by atoms with van der Waals surface area (Å²) in [5, 5.41) is 5.10. The predicted molar refractivity (Wildman–Crippen MR) is 238 cm³/mol. The number of nitrogens with zero attached hydrogens (tertiary/aromatic N) is 3. The average molecular weight is 750 g/mol. The van der Waals surface area contributed by atoms with E-state index >= 15 is 0 Å². The number of rotatable bonds is 6. The summed E-state index contributed by atoms with van der Waals surface area (Å²) in [4.78, 5) is 15.6. The second-order valence-electron chi connectivity index (χ2n) is 14.0. The van der Waals surface area contributed by atoms with Gasteiger partial charge in [0.25, 0.3) is 0 Å². The summed E-state index contributed by atoms with van der Waals surface area (Å²) in [5.41, 5.74) is 9.66. The number of aromatic nitrogens is 3. The highest BCUT2D eigenvalue weighted by atomic mass is 32.1. The van der Waals surface area contributed by atoms with Crippen molar-refractivity contribution in [1.82, 2.24) is 15.0 Å². The van der Waals surface area contributed by atoms with Gasteiger partial charge in [-0.1, -0.05) is 140 Å². The molecule has 3 aromatic heterocycles. The Balaban J connectivity index is 1.16. The van der Waals surface area contributed by atoms with Crippen LogP contribution in [0.4, 0.5) is 0 Å². The monoisotopic (exact) mass is 749 g/mol. The second kappa shape index (κ2) is 13.5. The number of benzene rings is 8. The van der Waals surface area contributed by atoms with Gasteiger partial charge in [-0.15, -0.1) is 22.7 Å². The topological polar surface area (TPSA) is 38.7 Å². The lowest BCUT2D eigenvalue weighted by Crippen LogP contribution is -2.01. The van der Waals surface area contributed by atoms with E-state index < -0.39 is 0 Å². The summed E-state index contributed by atoms with van der Waals surface area (Å²) in [7, 11) is 0. The molecule has 11 aromatic rings. The maximum Gasteiger partial charge on any atom is 0.164 e. The first-order valence-corrected chi connectivity index (χ1v) is 20.3. The minimum absolute atomic E-state index is 0.634. The zero-order valence-corrected chi connectivity index (χ0v) is 31.7. The molecule has 8 aromatic carbocycles. The largest absolute Gasteiger partial charge is 0.208 e. The smallest absolute Gasteiger partial charge is 0.164 e. The van der Waals surface area contributed by atoms with Crippen molar-refractivity contribution in [2.45, 2.75) is 0 Å². The normalized spacial score (nSPS) is 11.6. The van der Waals surface area contributed by atoms with Gasteiger partial charge < -0.3 is 0 Å². The van der Waals surface area contributed by atoms with Crippen LogP contribution in [0.2, 0.25) is 0 Å². The molecule has 0 fully saturated rings. The van der Waals surface area contributed by atoms with Crippen molar-refractivity contribution >= 4 is 63.0 Å². The highest BCUT2D eigenvalue weighted by Crippen LogP contribution is 2.44. The Kier molecular flexibility index (Phi) is 7.87. The van der Waals surface area contributed by atoms with Crippen LogP contribution in [0.15, 0.2) is 188 Å². The average Bonchev–Trinajstić information content (AvgIpc) is 3.85. The van der Waals surface area contributed by atoms with E-state index in [-0.39, 0.29) is 0 Å². The Morgan fingerprint density at radius 3 is 1.64 bits per heavy atom. The number of thiophene rings is 2. The van der Waals surface area contributed by atoms with Crippen molar-refractivity contribution in [3.63, 3.8) is 0 Å². The molecule has 0 amide bonds. The Bertz CT molecular complexity index is 3250. The Hall–Kier alpha value is -6.79. The van der Waals surface area contributed by atoms with E-state index in [1.54, 1.807) is 0 Å². The predicted octanol–water partition coefficient (Wildman–Crippen LogP) is 14.6. The van der Waals surface area contributed by atoms with Crippen LogP contribution < -0.4 is 0 Å². The van der Waals surface area contributed by atoms with E-state index in [0.717, 1.165) is 44.5 Å². The van der Waals surface area contributed by atoms with E-state index in [4.69, 9.17) is 15.0 Å². The molecule has 0 radical (unpaired) electrons. The molecule has 0 aliphatic carbocycles. The zero-order valence-electron chi connectivity index (χ0n) is 30.1. The van der Waals surface area contributed by atoms with Crippen LogP contribution in [0, 0.1) is 0 Å². The van der Waals surface area contributed by atoms with Gasteiger partial charge in [-0.2, -0.15) is 0 Å². The first-order chi connectivity index (χ1) is 27.7. The van der Waals surface area contributed by atoms with Crippen LogP contribution in [0.5, 0.6) is 0 Å². The van der Waals surface area contributed by atoms with Gasteiger partial charge in [0.05, 0.1) is 0 Å². The summed E-state index contributed by atoms with van der Waals surface area (Å²) in [5.74, 6) is 1.91. The van der Waals surface area contributed by atoms with E-state index in [1.165, 1.54) is 45.9 Å². The molecule has 0 atom stereocenters. The highest BCUT2D eigenvalue weighted by Gasteiger charge is 2.19. The highest BCUT2D eigenvalue weighted by molar-refractivity contribution is 7.26. The summed E-state index contributed by atoms with van der Waals surface area (Å²) < 4.78 is 5.14. The van der Waals surface area contributed by atoms with Gasteiger partial charge in [-0.05, 0) is 81.9 Å². The van der Waals surface area contributed by atoms with E-state index in [2.05, 4.69) is 164 Å². The molecule has 0 saturated heterocycles. The Morgan fingerprint density at radius 2 is 0.821 bits per heavy atom. The van der Waals surface area contributed by atoms with Crippen molar-refractivity contribution < 1.29 is 0 Å². The molecule has 5 heteroatoms. The van der Waals surface area contributed by atoms with Crippen molar-refractivity contribution in [3.05, 3.63) is 188 Å². The van der Waals surface area contributed by atoms with Crippen LogP contribution in [0.1, 0.15) is 0 Å². The van der Waals surface area contributed by atoms with Crippen molar-refractivity contribution in [2.24, 2.45) is 0 Å². The third-order valence-electron chi connectivity index (χ3n) is 10.6. The molecule has 11 rings (SSSR count). The van der Waals surface area contributed by atoms with Gasteiger partial charge in [0.2, 0.25) is 0 Å². The molecule has 0 bridgehead atoms. The lowest BCUT2D eigenvalue weighted by molar-refractivity contribution is 1.07. The molecule has 3 heterocycles. The molecule has 262 valence electrons. The summed E-state index contributed by atoms with van der Waals surface area (Å²) >= 11 is 3.68. The van der Waals surface area contributed by atoms with Crippen molar-refractivity contribution in [2.75, 3.05) is 0 Å². The molecule has 0 spiro atoms. The minimum atomic E-state index is 0.634. The molecular formula is C51H31N3S2. The first kappa shape index (κ1) is 32.6. The Labute approximate surface area is 331 Å². The van der Waals surface area contributed by atoms with E-state index in [9.17, 15) is 0 Å². The molecule has 56 heavy (non-hydrogen) atoms. The van der Waals surface area contributed by atoms with Crippen LogP contribution in [-0.2, 0) is 0 Å². The molecule has 3 nitrogen and oxygen atoms in total. The standard InChI is InChI=1S/C51H31N3S2/c1-3-13-32(14-4-1)34-17-11-18-37(29-34)50-52-49(33-15-5-2-6-16-33)53-51(54-50)40-27-25-35(38-21-12-24-47-48(38)41-20-8-10-23-45(41)56-47)30-42(40)36-26-28-46-43(31-36)39-19-7-9-22-44(39)55-46/h1-31H. The number of hydrogen-bond acceptors (Lipinski definition) is 5. The van der Waals surface area contributed by atoms with Gasteiger partial charge >= 0.3 is 0 Å². The van der Waals surface area contributed by atoms with Gasteiger partial charge in [0.15, 0.2) is 17.5 Å². The fourth-order valence-electron chi connectivity index (χ4n) is 7.86. The number of fused-ring (bicyclic) bond motifs is 6. The van der Waals surface area contributed by atoms with Gasteiger partial charge in [0.1, 0.15) is 0 Å². The minimum Gasteiger partial charge on any atom is -0.208 e. The fraction of sp³-hybridized carbons (Fsp3) is 0. The molecule has 0 saturated carbocycles. The molecular weight excluding hydrogens is 719 g/mol. The molecule has 0 N–H and O–H groups in total. The van der Waals surface area contributed by atoms with Gasteiger partial charge in [-0.25, -0.2) is 15.0 Å². The second-order valence-corrected chi connectivity index (χ2v) is 16.1. The van der Waals surface area contributed by atoms with Crippen molar-refractivity contribution in [1.29, 1.82) is 0 Å². The quantitative estimate of drug-likeness (QED) is 0.170.